The van der Waals surface area contributed by atoms with Crippen molar-refractivity contribution in [2.45, 2.75) is 59.3 Å². The number of benzene rings is 1. The first-order valence-corrected chi connectivity index (χ1v) is 10.6. The first kappa shape index (κ1) is 23.8. The fraction of sp³-hybridized carbons (Fsp3) is 0.632. The molecule has 1 aromatic rings. The van der Waals surface area contributed by atoms with E-state index in [2.05, 4.69) is 20.8 Å². The molecular weight excluding hydrogens is 337 g/mol. The molecule has 0 N–H and O–H groups in total. The smallest absolute Gasteiger partial charge is 0.287 e. The molecule has 0 saturated heterocycles. The predicted molar refractivity (Wildman–Crippen MR) is 101 cm³/mol. The minimum absolute atomic E-state index is 0.437. The molecule has 0 saturated carbocycles. The summed E-state index contributed by atoms with van der Waals surface area (Å²) in [6.07, 6.45) is 5.63. The molecule has 0 heterocycles. The molecule has 0 bridgehead atoms. The van der Waals surface area contributed by atoms with Gasteiger partial charge in [0.05, 0.1) is 31.5 Å². The normalized spacial score (nSPS) is 10.6. The van der Waals surface area contributed by atoms with Crippen LogP contribution in [0.1, 0.15) is 64.9 Å². The minimum Gasteiger partial charge on any atom is -0.287 e. The highest BCUT2D eigenvalue weighted by atomic mass is 31.2. The highest BCUT2D eigenvalue weighted by molar-refractivity contribution is 7.48. The third kappa shape index (κ3) is 13.8. The van der Waals surface area contributed by atoms with Crippen molar-refractivity contribution >= 4 is 7.82 Å². The molecule has 0 atom stereocenters. The number of phosphoric ester groups is 1. The number of hydrogen-bond acceptors (Lipinski definition) is 5. The molecule has 142 valence electrons. The van der Waals surface area contributed by atoms with Gasteiger partial charge in [-0.15, -0.1) is 0 Å². The largest absolute Gasteiger partial charge is 0.474 e. The molecule has 0 amide bonds. The molecule has 1 rings (SSSR count). The lowest BCUT2D eigenvalue weighted by Crippen LogP contribution is -2.03. The first-order valence-electron chi connectivity index (χ1n) is 9.10. The molecule has 0 aliphatic heterocycles. The average Bonchev–Trinajstić information content (AvgIpc) is 2.64. The van der Waals surface area contributed by atoms with E-state index in [0.717, 1.165) is 38.5 Å². The van der Waals surface area contributed by atoms with Crippen LogP contribution >= 0.6 is 7.82 Å². The summed E-state index contributed by atoms with van der Waals surface area (Å²) in [5.41, 5.74) is 0.715. The van der Waals surface area contributed by atoms with Gasteiger partial charge < -0.3 is 0 Å². The molecule has 0 fully saturated rings. The van der Waals surface area contributed by atoms with Crippen LogP contribution in [-0.4, -0.2) is 19.8 Å². The summed E-state index contributed by atoms with van der Waals surface area (Å²) in [6.45, 7) is 7.49. The number of hydrogen-bond donors (Lipinski definition) is 0. The van der Waals surface area contributed by atoms with Crippen LogP contribution in [0.3, 0.4) is 0 Å². The highest BCUT2D eigenvalue weighted by Gasteiger charge is 2.25. The number of nitrogens with zero attached hydrogens (tertiary/aromatic N) is 1. The van der Waals surface area contributed by atoms with Gasteiger partial charge in [0.15, 0.2) is 0 Å². The number of phosphoric acid groups is 1. The Morgan fingerprint density at radius 2 is 1.24 bits per heavy atom. The van der Waals surface area contributed by atoms with E-state index >= 15 is 0 Å². The number of nitriles is 1. The van der Waals surface area contributed by atoms with E-state index in [9.17, 15) is 4.57 Å². The second-order valence-electron chi connectivity index (χ2n) is 5.49. The Morgan fingerprint density at radius 3 is 1.52 bits per heavy atom. The maximum absolute atomic E-state index is 12.2. The van der Waals surface area contributed by atoms with Gasteiger partial charge in [-0.05, 0) is 31.4 Å². The average molecular weight is 369 g/mol. The quantitative estimate of drug-likeness (QED) is 0.329. The molecule has 0 aromatic heterocycles. The fourth-order valence-electron chi connectivity index (χ4n) is 1.59. The fourth-order valence-corrected chi connectivity index (χ4v) is 2.87. The van der Waals surface area contributed by atoms with Crippen molar-refractivity contribution < 1.29 is 18.1 Å². The Hall–Kier alpha value is -1.18. The Balaban J connectivity index is 0.000000593. The van der Waals surface area contributed by atoms with Gasteiger partial charge in [0.2, 0.25) is 0 Å². The van der Waals surface area contributed by atoms with Gasteiger partial charge in [0, 0.05) is 0 Å². The zero-order valence-corrected chi connectivity index (χ0v) is 16.7. The summed E-state index contributed by atoms with van der Waals surface area (Å²) in [6, 6.07) is 11.2. The molecule has 0 spiro atoms. The molecule has 0 unspecified atom stereocenters. The molecule has 0 aliphatic carbocycles. The summed E-state index contributed by atoms with van der Waals surface area (Å²) in [5, 5.41) is 8.29. The Morgan fingerprint density at radius 1 is 0.840 bits per heavy atom. The van der Waals surface area contributed by atoms with E-state index in [0.29, 0.717) is 25.4 Å². The maximum Gasteiger partial charge on any atom is 0.474 e. The summed E-state index contributed by atoms with van der Waals surface area (Å²) in [4.78, 5) is 0. The van der Waals surface area contributed by atoms with E-state index in [1.54, 1.807) is 12.1 Å². The topological polar surface area (TPSA) is 68.6 Å². The molecule has 0 aliphatic rings. The lowest BCUT2D eigenvalue weighted by molar-refractivity contribution is 0.110. The Labute approximate surface area is 152 Å². The Kier molecular flexibility index (Phi) is 15.5. The zero-order chi connectivity index (χ0) is 18.8. The van der Waals surface area contributed by atoms with Crippen LogP contribution in [0.2, 0.25) is 0 Å². The van der Waals surface area contributed by atoms with Crippen LogP contribution in [0.5, 0.6) is 0 Å². The van der Waals surface area contributed by atoms with Crippen molar-refractivity contribution in [1.29, 1.82) is 5.26 Å². The van der Waals surface area contributed by atoms with E-state index in [4.69, 9.17) is 18.8 Å². The number of unbranched alkanes of at least 4 members (excludes halogenated alkanes) is 3. The van der Waals surface area contributed by atoms with Crippen molar-refractivity contribution in [3.05, 3.63) is 35.9 Å². The van der Waals surface area contributed by atoms with Crippen LogP contribution in [0.25, 0.3) is 0 Å². The third-order valence-corrected chi connectivity index (χ3v) is 4.64. The van der Waals surface area contributed by atoms with E-state index in [-0.39, 0.29) is 0 Å². The maximum atomic E-state index is 12.2. The third-order valence-electron chi connectivity index (χ3n) is 3.14. The van der Waals surface area contributed by atoms with Crippen LogP contribution in [0, 0.1) is 11.3 Å². The SMILES string of the molecule is CCCCOP(=O)(OCCCC)OCCCC.N#Cc1ccccc1. The number of rotatable bonds is 12. The van der Waals surface area contributed by atoms with Crippen molar-refractivity contribution in [3.63, 3.8) is 0 Å². The van der Waals surface area contributed by atoms with Gasteiger partial charge in [-0.3, -0.25) is 13.6 Å². The van der Waals surface area contributed by atoms with Crippen molar-refractivity contribution in [3.8, 4) is 6.07 Å². The highest BCUT2D eigenvalue weighted by Crippen LogP contribution is 2.49. The van der Waals surface area contributed by atoms with Crippen LogP contribution in [-0.2, 0) is 18.1 Å². The van der Waals surface area contributed by atoms with Crippen molar-refractivity contribution in [2.24, 2.45) is 0 Å². The second-order valence-corrected chi connectivity index (χ2v) is 7.15. The van der Waals surface area contributed by atoms with Gasteiger partial charge in [0.1, 0.15) is 0 Å². The molecule has 0 radical (unpaired) electrons. The van der Waals surface area contributed by atoms with Crippen molar-refractivity contribution in [1.82, 2.24) is 0 Å². The summed E-state index contributed by atoms with van der Waals surface area (Å²) in [7, 11) is -3.31. The van der Waals surface area contributed by atoms with Crippen molar-refractivity contribution in [2.75, 3.05) is 19.8 Å². The lowest BCUT2D eigenvalue weighted by atomic mass is 10.2. The van der Waals surface area contributed by atoms with Crippen LogP contribution < -0.4 is 0 Å². The van der Waals surface area contributed by atoms with Crippen LogP contribution in [0.4, 0.5) is 0 Å². The summed E-state index contributed by atoms with van der Waals surface area (Å²) >= 11 is 0. The van der Waals surface area contributed by atoms with E-state index < -0.39 is 7.82 Å². The monoisotopic (exact) mass is 369 g/mol. The molecule has 5 nitrogen and oxygen atoms in total. The predicted octanol–water partition coefficient (Wildman–Crippen LogP) is 6.10. The molecule has 6 heteroatoms. The van der Waals surface area contributed by atoms with Gasteiger partial charge in [-0.2, -0.15) is 5.26 Å². The first-order chi connectivity index (χ1) is 12.1. The van der Waals surface area contributed by atoms with Crippen LogP contribution in [0.15, 0.2) is 30.3 Å². The molecular formula is C19H32NO4P. The van der Waals surface area contributed by atoms with Gasteiger partial charge in [0.25, 0.3) is 0 Å². The zero-order valence-electron chi connectivity index (χ0n) is 15.8. The second kappa shape index (κ2) is 16.3. The van der Waals surface area contributed by atoms with Gasteiger partial charge >= 0.3 is 7.82 Å². The standard InChI is InChI=1S/C12H27O4P.C7H5N/c1-4-7-10-14-17(13,15-11-8-5-2)16-12-9-6-3;8-6-7-4-2-1-3-5-7/h4-12H2,1-3H3;1-5H. The summed E-state index contributed by atoms with van der Waals surface area (Å²) < 4.78 is 28.0. The Bertz CT molecular complexity index is 469. The van der Waals surface area contributed by atoms with Gasteiger partial charge in [-0.1, -0.05) is 58.2 Å². The summed E-state index contributed by atoms with van der Waals surface area (Å²) in [5.74, 6) is 0. The van der Waals surface area contributed by atoms with E-state index in [1.807, 2.05) is 24.3 Å². The minimum atomic E-state index is -3.31. The van der Waals surface area contributed by atoms with Gasteiger partial charge in [-0.25, -0.2) is 4.57 Å². The lowest BCUT2D eigenvalue weighted by Gasteiger charge is -2.17. The molecule has 25 heavy (non-hydrogen) atoms. The van der Waals surface area contributed by atoms with E-state index in [1.165, 1.54) is 0 Å². The molecule has 1 aromatic carbocycles.